The summed E-state index contributed by atoms with van der Waals surface area (Å²) in [5.74, 6) is 0. The number of hydrogen-bond acceptors (Lipinski definition) is 4. The minimum atomic E-state index is -0.788. The third kappa shape index (κ3) is 5.05. The fourth-order valence-corrected chi connectivity index (χ4v) is 1.40. The summed E-state index contributed by atoms with van der Waals surface area (Å²) >= 11 is 0. The summed E-state index contributed by atoms with van der Waals surface area (Å²) in [6.45, 7) is 4.63. The van der Waals surface area contributed by atoms with E-state index in [9.17, 15) is 4.21 Å². The van der Waals surface area contributed by atoms with Gasteiger partial charge in [0.15, 0.2) is 6.29 Å². The van der Waals surface area contributed by atoms with Crippen molar-refractivity contribution < 1.29 is 13.7 Å². The van der Waals surface area contributed by atoms with Crippen LogP contribution in [0.4, 0.5) is 0 Å². The predicted molar refractivity (Wildman–Crippen MR) is 58.8 cm³/mol. The van der Waals surface area contributed by atoms with Crippen LogP contribution in [-0.4, -0.2) is 48.8 Å². The van der Waals surface area contributed by atoms with Gasteiger partial charge >= 0.3 is 0 Å². The molecule has 3 unspecified atom stereocenters. The zero-order chi connectivity index (χ0) is 11.1. The van der Waals surface area contributed by atoms with E-state index < -0.39 is 10.8 Å². The van der Waals surface area contributed by atoms with E-state index in [1.807, 2.05) is 13.8 Å². The minimum absolute atomic E-state index is 0.0935. The van der Waals surface area contributed by atoms with Crippen LogP contribution in [0.2, 0.25) is 0 Å². The molecule has 0 aromatic carbocycles. The molecule has 4 nitrogen and oxygen atoms in total. The average molecular weight is 223 g/mol. The molecule has 0 heterocycles. The second-order valence-electron chi connectivity index (χ2n) is 3.35. The van der Waals surface area contributed by atoms with Crippen LogP contribution in [0.3, 0.4) is 0 Å². The summed E-state index contributed by atoms with van der Waals surface area (Å²) in [5.41, 5.74) is 0. The predicted octanol–water partition coefficient (Wildman–Crippen LogP) is 0.350. The highest BCUT2D eigenvalue weighted by atomic mass is 32.2. The van der Waals surface area contributed by atoms with Crippen LogP contribution in [0, 0.1) is 0 Å². The Labute approximate surface area is 88.8 Å². The van der Waals surface area contributed by atoms with Crippen LogP contribution < -0.4 is 5.32 Å². The minimum Gasteiger partial charge on any atom is -0.354 e. The molecule has 0 fully saturated rings. The Hall–Kier alpha value is 0.0300. The lowest BCUT2D eigenvalue weighted by atomic mass is 10.3. The molecule has 0 aliphatic heterocycles. The number of ether oxygens (including phenoxy) is 2. The van der Waals surface area contributed by atoms with Crippen molar-refractivity contribution in [2.24, 2.45) is 0 Å². The Morgan fingerprint density at radius 3 is 2.14 bits per heavy atom. The highest BCUT2D eigenvalue weighted by Crippen LogP contribution is 1.99. The quantitative estimate of drug-likeness (QED) is 0.633. The lowest BCUT2D eigenvalue weighted by molar-refractivity contribution is -0.119. The third-order valence-electron chi connectivity index (χ3n) is 2.17. The van der Waals surface area contributed by atoms with Gasteiger partial charge in [0, 0.05) is 43.1 Å². The molecule has 0 aliphatic carbocycles. The molecule has 0 aromatic rings. The van der Waals surface area contributed by atoms with Crippen LogP contribution in [0.5, 0.6) is 0 Å². The monoisotopic (exact) mass is 223 g/mol. The maximum Gasteiger partial charge on any atom is 0.171 e. The van der Waals surface area contributed by atoms with E-state index in [0.717, 1.165) is 0 Å². The first-order chi connectivity index (χ1) is 6.52. The van der Waals surface area contributed by atoms with Crippen LogP contribution in [0.25, 0.3) is 0 Å². The van der Waals surface area contributed by atoms with Crippen molar-refractivity contribution in [3.63, 3.8) is 0 Å². The Morgan fingerprint density at radius 2 is 1.79 bits per heavy atom. The van der Waals surface area contributed by atoms with Gasteiger partial charge in [-0.25, -0.2) is 0 Å². The van der Waals surface area contributed by atoms with E-state index in [0.29, 0.717) is 6.54 Å². The molecule has 0 rings (SSSR count). The standard InChI is InChI=1S/C9H21NO3S/c1-7(14(5)11)6-10-8(2)9(12-3)13-4/h7-10H,6H2,1-5H3. The van der Waals surface area contributed by atoms with Crippen molar-refractivity contribution in [1.29, 1.82) is 0 Å². The first kappa shape index (κ1) is 14.0. The van der Waals surface area contributed by atoms with Crippen molar-refractivity contribution >= 4 is 10.8 Å². The second kappa shape index (κ2) is 7.34. The summed E-state index contributed by atoms with van der Waals surface area (Å²) in [6, 6.07) is 0.0935. The molecule has 3 atom stereocenters. The van der Waals surface area contributed by atoms with Gasteiger partial charge < -0.3 is 14.8 Å². The van der Waals surface area contributed by atoms with Gasteiger partial charge in [0.05, 0.1) is 6.04 Å². The van der Waals surface area contributed by atoms with Crippen LogP contribution in [-0.2, 0) is 20.3 Å². The van der Waals surface area contributed by atoms with Crippen molar-refractivity contribution in [3.8, 4) is 0 Å². The Bertz CT molecular complexity index is 173. The normalized spacial score (nSPS) is 18.1. The highest BCUT2D eigenvalue weighted by molar-refractivity contribution is 7.84. The highest BCUT2D eigenvalue weighted by Gasteiger charge is 2.16. The van der Waals surface area contributed by atoms with Gasteiger partial charge in [-0.15, -0.1) is 0 Å². The van der Waals surface area contributed by atoms with Gasteiger partial charge in [-0.3, -0.25) is 4.21 Å². The van der Waals surface area contributed by atoms with Crippen LogP contribution in [0.15, 0.2) is 0 Å². The van der Waals surface area contributed by atoms with E-state index in [4.69, 9.17) is 9.47 Å². The Morgan fingerprint density at radius 1 is 1.29 bits per heavy atom. The van der Waals surface area contributed by atoms with Gasteiger partial charge in [-0.05, 0) is 13.8 Å². The van der Waals surface area contributed by atoms with Crippen molar-refractivity contribution in [2.45, 2.75) is 31.4 Å². The summed E-state index contributed by atoms with van der Waals surface area (Å²) in [6.07, 6.45) is 1.45. The summed E-state index contributed by atoms with van der Waals surface area (Å²) in [5, 5.41) is 3.37. The summed E-state index contributed by atoms with van der Waals surface area (Å²) in [4.78, 5) is 0. The van der Waals surface area contributed by atoms with Gasteiger partial charge in [-0.1, -0.05) is 0 Å². The molecule has 0 saturated heterocycles. The molecule has 0 saturated carbocycles. The lowest BCUT2D eigenvalue weighted by Gasteiger charge is -2.23. The fourth-order valence-electron chi connectivity index (χ4n) is 1.07. The topological polar surface area (TPSA) is 47.6 Å². The summed E-state index contributed by atoms with van der Waals surface area (Å²) in [7, 11) is 2.42. The first-order valence-corrected chi connectivity index (χ1v) is 6.26. The van der Waals surface area contributed by atoms with Crippen molar-refractivity contribution in [2.75, 3.05) is 27.0 Å². The first-order valence-electron chi connectivity index (χ1n) is 4.64. The molecule has 0 amide bonds. The number of rotatable bonds is 7. The number of methoxy groups -OCH3 is 2. The van der Waals surface area contributed by atoms with E-state index >= 15 is 0 Å². The molecule has 0 bridgehead atoms. The summed E-state index contributed by atoms with van der Waals surface area (Å²) < 4.78 is 21.3. The molecule has 1 N–H and O–H groups in total. The Kier molecular flexibility index (Phi) is 7.35. The van der Waals surface area contributed by atoms with E-state index in [2.05, 4.69) is 5.32 Å². The molecule has 0 aliphatic rings. The molecule has 0 aromatic heterocycles. The SMILES string of the molecule is COC(OC)C(C)NCC(C)S(C)=O. The fraction of sp³-hybridized carbons (Fsp3) is 1.00. The maximum absolute atomic E-state index is 11.1. The molecular formula is C9H21NO3S. The van der Waals surface area contributed by atoms with Gasteiger partial charge in [0.1, 0.15) is 0 Å². The van der Waals surface area contributed by atoms with Crippen LogP contribution >= 0.6 is 0 Å². The van der Waals surface area contributed by atoms with E-state index in [-0.39, 0.29) is 17.6 Å². The third-order valence-corrected chi connectivity index (χ3v) is 3.47. The maximum atomic E-state index is 11.1. The number of hydrogen-bond donors (Lipinski definition) is 1. The van der Waals surface area contributed by atoms with Gasteiger partial charge in [0.2, 0.25) is 0 Å². The smallest absolute Gasteiger partial charge is 0.171 e. The Balaban J connectivity index is 3.82. The van der Waals surface area contributed by atoms with Crippen molar-refractivity contribution in [3.05, 3.63) is 0 Å². The number of nitrogens with one attached hydrogen (secondary N) is 1. The zero-order valence-corrected chi connectivity index (χ0v) is 10.4. The second-order valence-corrected chi connectivity index (χ2v) is 5.15. The molecule has 0 radical (unpaired) electrons. The van der Waals surface area contributed by atoms with Crippen molar-refractivity contribution in [1.82, 2.24) is 5.32 Å². The molecule has 86 valence electrons. The zero-order valence-electron chi connectivity index (χ0n) is 9.57. The molecule has 5 heteroatoms. The van der Waals surface area contributed by atoms with Gasteiger partial charge in [0.25, 0.3) is 0 Å². The largest absolute Gasteiger partial charge is 0.354 e. The molecule has 14 heavy (non-hydrogen) atoms. The molecule has 0 spiro atoms. The van der Waals surface area contributed by atoms with Gasteiger partial charge in [-0.2, -0.15) is 0 Å². The molecular weight excluding hydrogens is 202 g/mol. The van der Waals surface area contributed by atoms with E-state index in [1.54, 1.807) is 20.5 Å². The lowest BCUT2D eigenvalue weighted by Crippen LogP contribution is -2.43. The van der Waals surface area contributed by atoms with Crippen LogP contribution in [0.1, 0.15) is 13.8 Å². The average Bonchev–Trinajstić information content (AvgIpc) is 2.15. The van der Waals surface area contributed by atoms with E-state index in [1.165, 1.54) is 0 Å².